The fraction of sp³-hybridized carbons (Fsp3) is 0.500. The maximum atomic E-state index is 11.1. The average molecular weight is 187 g/mol. The van der Waals surface area contributed by atoms with Gasteiger partial charge in [-0.3, -0.25) is 3.97 Å². The molecule has 0 atom stereocenters. The summed E-state index contributed by atoms with van der Waals surface area (Å²) in [6.07, 6.45) is 3.74. The maximum absolute atomic E-state index is 11.1. The normalized spacial score (nSPS) is 11.9. The average Bonchev–Trinajstić information content (AvgIpc) is 2.29. The fourth-order valence-corrected chi connectivity index (χ4v) is 2.07. The molecule has 0 radical (unpaired) electrons. The van der Waals surface area contributed by atoms with Gasteiger partial charge in [-0.2, -0.15) is 0 Å². The Morgan fingerprint density at radius 3 is 2.33 bits per heavy atom. The van der Waals surface area contributed by atoms with E-state index in [1.54, 1.807) is 13.1 Å². The molecule has 12 heavy (non-hydrogen) atoms. The van der Waals surface area contributed by atoms with Gasteiger partial charge in [-0.1, -0.05) is 6.92 Å². The van der Waals surface area contributed by atoms with Crippen LogP contribution in [0.2, 0.25) is 0 Å². The molecule has 0 aliphatic carbocycles. The van der Waals surface area contributed by atoms with Crippen LogP contribution in [0.5, 0.6) is 0 Å². The van der Waals surface area contributed by atoms with Crippen molar-refractivity contribution in [2.45, 2.75) is 20.3 Å². The summed E-state index contributed by atoms with van der Waals surface area (Å²) in [6.45, 7) is 3.79. The molecule has 0 aliphatic rings. The molecular weight excluding hydrogens is 174 g/mol. The number of rotatable bonds is 2. The Balaban J connectivity index is 3.27. The molecule has 0 amide bonds. The number of hydrogen-bond acceptors (Lipinski definition) is 2. The molecule has 0 saturated heterocycles. The second kappa shape index (κ2) is 2.94. The van der Waals surface area contributed by atoms with Crippen molar-refractivity contribution in [2.75, 3.05) is 6.26 Å². The van der Waals surface area contributed by atoms with E-state index < -0.39 is 10.0 Å². The molecule has 0 N–H and O–H groups in total. The first-order valence-corrected chi connectivity index (χ1v) is 5.68. The predicted octanol–water partition coefficient (Wildman–Crippen LogP) is 1.17. The molecule has 4 heteroatoms. The first-order chi connectivity index (χ1) is 5.45. The zero-order valence-corrected chi connectivity index (χ0v) is 8.35. The zero-order valence-electron chi connectivity index (χ0n) is 7.53. The standard InChI is InChI=1S/C8H13NO2S/c1-4-8-5-7(2)9(6-8)12(3,10)11/h5-6H,4H2,1-3H3. The van der Waals surface area contributed by atoms with Crippen LogP contribution >= 0.6 is 0 Å². The Bertz CT molecular complexity index is 376. The van der Waals surface area contributed by atoms with E-state index >= 15 is 0 Å². The summed E-state index contributed by atoms with van der Waals surface area (Å²) in [5.41, 5.74) is 1.83. The maximum Gasteiger partial charge on any atom is 0.235 e. The van der Waals surface area contributed by atoms with Crippen molar-refractivity contribution in [3.8, 4) is 0 Å². The summed E-state index contributed by atoms with van der Waals surface area (Å²) in [5, 5.41) is 0. The number of hydrogen-bond donors (Lipinski definition) is 0. The summed E-state index contributed by atoms with van der Waals surface area (Å²) >= 11 is 0. The van der Waals surface area contributed by atoms with E-state index in [2.05, 4.69) is 0 Å². The minimum absolute atomic E-state index is 0.773. The quantitative estimate of drug-likeness (QED) is 0.697. The van der Waals surface area contributed by atoms with E-state index in [0.29, 0.717) is 0 Å². The second-order valence-electron chi connectivity index (χ2n) is 2.90. The highest BCUT2D eigenvalue weighted by Crippen LogP contribution is 2.10. The van der Waals surface area contributed by atoms with Gasteiger partial charge in [-0.15, -0.1) is 0 Å². The molecule has 0 aliphatic heterocycles. The molecule has 0 unspecified atom stereocenters. The van der Waals surface area contributed by atoms with Crippen molar-refractivity contribution in [1.82, 2.24) is 3.97 Å². The van der Waals surface area contributed by atoms with Crippen molar-refractivity contribution in [2.24, 2.45) is 0 Å². The summed E-state index contributed by atoms with van der Waals surface area (Å²) in [6, 6.07) is 1.89. The molecule has 68 valence electrons. The topological polar surface area (TPSA) is 39.1 Å². The largest absolute Gasteiger partial charge is 0.250 e. The molecule has 0 spiro atoms. The van der Waals surface area contributed by atoms with E-state index in [1.807, 2.05) is 13.0 Å². The van der Waals surface area contributed by atoms with Gasteiger partial charge < -0.3 is 0 Å². The predicted molar refractivity (Wildman–Crippen MR) is 48.8 cm³/mol. The minimum Gasteiger partial charge on any atom is -0.250 e. The molecule has 1 rings (SSSR count). The summed E-state index contributed by atoms with van der Waals surface area (Å²) < 4.78 is 23.6. The third-order valence-electron chi connectivity index (χ3n) is 1.79. The zero-order chi connectivity index (χ0) is 9.35. The van der Waals surface area contributed by atoms with Crippen LogP contribution in [0.15, 0.2) is 12.3 Å². The molecule has 0 fully saturated rings. The van der Waals surface area contributed by atoms with Crippen LogP contribution in [0.1, 0.15) is 18.2 Å². The fourth-order valence-electron chi connectivity index (χ4n) is 1.17. The molecule has 1 heterocycles. The van der Waals surface area contributed by atoms with E-state index in [9.17, 15) is 8.42 Å². The lowest BCUT2D eigenvalue weighted by molar-refractivity contribution is 0.592. The monoisotopic (exact) mass is 187 g/mol. The highest BCUT2D eigenvalue weighted by molar-refractivity contribution is 7.89. The molecule has 3 nitrogen and oxygen atoms in total. The van der Waals surface area contributed by atoms with Gasteiger partial charge in [-0.25, -0.2) is 8.42 Å². The third-order valence-corrected chi connectivity index (χ3v) is 2.90. The molecule has 0 bridgehead atoms. The molecule has 1 aromatic rings. The summed E-state index contributed by atoms with van der Waals surface area (Å²) in [5.74, 6) is 0. The molecule has 1 aromatic heterocycles. The van der Waals surface area contributed by atoms with Crippen molar-refractivity contribution < 1.29 is 8.42 Å². The Morgan fingerprint density at radius 1 is 1.50 bits per heavy atom. The van der Waals surface area contributed by atoms with Gasteiger partial charge in [0.05, 0.1) is 6.26 Å². The van der Waals surface area contributed by atoms with Gasteiger partial charge in [-0.05, 0) is 25.0 Å². The van der Waals surface area contributed by atoms with Crippen LogP contribution in [0.25, 0.3) is 0 Å². The highest BCUT2D eigenvalue weighted by atomic mass is 32.2. The first-order valence-electron chi connectivity index (χ1n) is 3.83. The van der Waals surface area contributed by atoms with Gasteiger partial charge >= 0.3 is 0 Å². The Kier molecular flexibility index (Phi) is 2.28. The lowest BCUT2D eigenvalue weighted by Crippen LogP contribution is -2.09. The van der Waals surface area contributed by atoms with E-state index in [4.69, 9.17) is 0 Å². The van der Waals surface area contributed by atoms with Crippen LogP contribution in [-0.2, 0) is 16.4 Å². The van der Waals surface area contributed by atoms with Gasteiger partial charge in [0.15, 0.2) is 0 Å². The second-order valence-corrected chi connectivity index (χ2v) is 4.76. The van der Waals surface area contributed by atoms with E-state index in [1.165, 1.54) is 10.2 Å². The lowest BCUT2D eigenvalue weighted by atomic mass is 10.2. The van der Waals surface area contributed by atoms with Gasteiger partial charge in [0, 0.05) is 11.9 Å². The Hall–Kier alpha value is -0.770. The summed E-state index contributed by atoms with van der Waals surface area (Å²) in [7, 11) is -3.11. The van der Waals surface area contributed by atoms with Gasteiger partial charge in [0.2, 0.25) is 10.0 Å². The number of nitrogens with zero attached hydrogens (tertiary/aromatic N) is 1. The van der Waals surface area contributed by atoms with Crippen LogP contribution in [0.3, 0.4) is 0 Å². The van der Waals surface area contributed by atoms with Gasteiger partial charge in [0.25, 0.3) is 0 Å². The number of aryl methyl sites for hydroxylation is 2. The van der Waals surface area contributed by atoms with Crippen LogP contribution in [0.4, 0.5) is 0 Å². The molecule has 0 saturated carbocycles. The van der Waals surface area contributed by atoms with E-state index in [0.717, 1.165) is 17.7 Å². The van der Waals surface area contributed by atoms with E-state index in [-0.39, 0.29) is 0 Å². The van der Waals surface area contributed by atoms with Crippen molar-refractivity contribution in [1.29, 1.82) is 0 Å². The van der Waals surface area contributed by atoms with Gasteiger partial charge in [0.1, 0.15) is 0 Å². The van der Waals surface area contributed by atoms with Crippen molar-refractivity contribution >= 4 is 10.0 Å². The summed E-state index contributed by atoms with van der Waals surface area (Å²) in [4.78, 5) is 0. The van der Waals surface area contributed by atoms with Crippen LogP contribution in [-0.4, -0.2) is 18.6 Å². The molecular formula is C8H13NO2S. The van der Waals surface area contributed by atoms with Crippen LogP contribution < -0.4 is 0 Å². The lowest BCUT2D eigenvalue weighted by Gasteiger charge is -2.00. The Morgan fingerprint density at radius 2 is 2.08 bits per heavy atom. The SMILES string of the molecule is CCc1cc(C)n(S(C)(=O)=O)c1. The van der Waals surface area contributed by atoms with Crippen molar-refractivity contribution in [3.05, 3.63) is 23.5 Å². The third kappa shape index (κ3) is 1.69. The van der Waals surface area contributed by atoms with Crippen LogP contribution in [0, 0.1) is 6.92 Å². The smallest absolute Gasteiger partial charge is 0.235 e. The first kappa shape index (κ1) is 9.32. The Labute approximate surface area is 73.1 Å². The van der Waals surface area contributed by atoms with Crippen molar-refractivity contribution in [3.63, 3.8) is 0 Å². The minimum atomic E-state index is -3.11. The number of aromatic nitrogens is 1. The molecule has 0 aromatic carbocycles. The highest BCUT2D eigenvalue weighted by Gasteiger charge is 2.08.